The third kappa shape index (κ3) is 5.81. The second-order valence-electron chi connectivity index (χ2n) is 4.52. The molecule has 5 heteroatoms. The Balaban J connectivity index is 2.45. The molecule has 1 unspecified atom stereocenters. The summed E-state index contributed by atoms with van der Waals surface area (Å²) in [5.41, 5.74) is -0.546. The van der Waals surface area contributed by atoms with Gasteiger partial charge in [-0.05, 0) is 60.7 Å². The van der Waals surface area contributed by atoms with Crippen molar-refractivity contribution in [2.24, 2.45) is 0 Å². The van der Waals surface area contributed by atoms with Crippen LogP contribution in [0, 0.1) is 3.57 Å². The fourth-order valence-corrected chi connectivity index (χ4v) is 1.89. The minimum atomic E-state index is -0.546. The topological polar surface area (TPSA) is 47.6 Å². The molecular formula is C15H20INO3. The first-order valence-corrected chi connectivity index (χ1v) is 7.54. The number of hydrogen-bond acceptors (Lipinski definition) is 3. The van der Waals surface area contributed by atoms with Crippen LogP contribution in [0.4, 0.5) is 4.79 Å². The third-order valence-corrected chi connectivity index (χ3v) is 3.54. The maximum atomic E-state index is 11.5. The van der Waals surface area contributed by atoms with E-state index in [0.717, 1.165) is 9.32 Å². The van der Waals surface area contributed by atoms with E-state index in [1.807, 2.05) is 31.2 Å². The fraction of sp³-hybridized carbons (Fsp3) is 0.400. The molecule has 1 aromatic rings. The van der Waals surface area contributed by atoms with Gasteiger partial charge < -0.3 is 14.8 Å². The Hall–Kier alpha value is -1.24. The van der Waals surface area contributed by atoms with Crippen LogP contribution in [0.1, 0.15) is 20.3 Å². The van der Waals surface area contributed by atoms with Crippen molar-refractivity contribution in [3.05, 3.63) is 40.5 Å². The van der Waals surface area contributed by atoms with Crippen molar-refractivity contribution in [2.45, 2.75) is 25.8 Å². The van der Waals surface area contributed by atoms with Gasteiger partial charge in [-0.3, -0.25) is 0 Å². The van der Waals surface area contributed by atoms with Crippen LogP contribution in [-0.2, 0) is 4.74 Å². The van der Waals surface area contributed by atoms with E-state index in [1.165, 1.54) is 0 Å². The molecule has 0 aliphatic heterocycles. The summed E-state index contributed by atoms with van der Waals surface area (Å²) in [7, 11) is 0. The van der Waals surface area contributed by atoms with E-state index in [2.05, 4.69) is 34.5 Å². The number of halogens is 1. The number of ether oxygens (including phenoxy) is 2. The molecule has 1 amide bonds. The van der Waals surface area contributed by atoms with E-state index in [1.54, 1.807) is 13.0 Å². The predicted molar refractivity (Wildman–Crippen MR) is 88.0 cm³/mol. The van der Waals surface area contributed by atoms with Crippen LogP contribution in [0.15, 0.2) is 36.9 Å². The molecule has 4 nitrogen and oxygen atoms in total. The van der Waals surface area contributed by atoms with E-state index >= 15 is 0 Å². The highest BCUT2D eigenvalue weighted by molar-refractivity contribution is 14.1. The van der Waals surface area contributed by atoms with Crippen LogP contribution < -0.4 is 10.1 Å². The van der Waals surface area contributed by atoms with Gasteiger partial charge in [0.15, 0.2) is 0 Å². The first-order chi connectivity index (χ1) is 9.49. The van der Waals surface area contributed by atoms with Crippen molar-refractivity contribution in [1.29, 1.82) is 0 Å². The fourth-order valence-electron chi connectivity index (χ4n) is 1.53. The Kier molecular flexibility index (Phi) is 6.84. The Bertz CT molecular complexity index is 447. The lowest BCUT2D eigenvalue weighted by Crippen LogP contribution is -2.45. The van der Waals surface area contributed by atoms with E-state index in [-0.39, 0.29) is 0 Å². The number of carbonyl (C=O) groups excluding carboxylic acids is 1. The molecule has 0 fully saturated rings. The van der Waals surface area contributed by atoms with E-state index in [0.29, 0.717) is 19.6 Å². The van der Waals surface area contributed by atoms with Gasteiger partial charge in [0.1, 0.15) is 5.75 Å². The molecule has 0 heterocycles. The summed E-state index contributed by atoms with van der Waals surface area (Å²) in [4.78, 5) is 11.5. The smallest absolute Gasteiger partial charge is 0.407 e. The van der Waals surface area contributed by atoms with Gasteiger partial charge in [0.05, 0.1) is 18.8 Å². The van der Waals surface area contributed by atoms with E-state index < -0.39 is 11.6 Å². The number of rotatable bonds is 7. The molecule has 0 radical (unpaired) electrons. The molecule has 1 aromatic carbocycles. The molecular weight excluding hydrogens is 369 g/mol. The summed E-state index contributed by atoms with van der Waals surface area (Å²) in [5.74, 6) is 0.813. The Morgan fingerprint density at radius 3 is 2.65 bits per heavy atom. The quantitative estimate of drug-likeness (QED) is 0.571. The van der Waals surface area contributed by atoms with Gasteiger partial charge >= 0.3 is 6.09 Å². The van der Waals surface area contributed by atoms with Crippen LogP contribution in [0.3, 0.4) is 0 Å². The Morgan fingerprint density at radius 1 is 1.45 bits per heavy atom. The van der Waals surface area contributed by atoms with Gasteiger partial charge in [-0.15, -0.1) is 6.58 Å². The zero-order valence-corrected chi connectivity index (χ0v) is 14.0. The highest BCUT2D eigenvalue weighted by atomic mass is 127. The van der Waals surface area contributed by atoms with Crippen LogP contribution in [0.2, 0.25) is 0 Å². The maximum absolute atomic E-state index is 11.5. The second-order valence-corrected chi connectivity index (χ2v) is 5.77. The Labute approximate surface area is 133 Å². The number of hydrogen-bond donors (Lipinski definition) is 1. The maximum Gasteiger partial charge on any atom is 0.407 e. The lowest BCUT2D eigenvalue weighted by molar-refractivity contribution is 0.141. The van der Waals surface area contributed by atoms with Crippen LogP contribution in [0.5, 0.6) is 5.75 Å². The summed E-state index contributed by atoms with van der Waals surface area (Å²) >= 11 is 2.24. The van der Waals surface area contributed by atoms with Gasteiger partial charge in [-0.2, -0.15) is 0 Å². The number of nitrogens with one attached hydrogen (secondary N) is 1. The number of benzene rings is 1. The average molecular weight is 389 g/mol. The lowest BCUT2D eigenvalue weighted by Gasteiger charge is -2.26. The zero-order valence-electron chi connectivity index (χ0n) is 11.8. The summed E-state index contributed by atoms with van der Waals surface area (Å²) in [6, 6.07) is 7.82. The molecule has 1 rings (SSSR count). The minimum absolute atomic E-state index is 0.345. The SMILES string of the molecule is C=CC(C)(CCOc1ccc(I)cc1)NC(=O)OCC. The minimum Gasteiger partial charge on any atom is -0.493 e. The van der Waals surface area contributed by atoms with Crippen molar-refractivity contribution in [3.8, 4) is 5.75 Å². The van der Waals surface area contributed by atoms with Crippen molar-refractivity contribution in [1.82, 2.24) is 5.32 Å². The molecule has 1 N–H and O–H groups in total. The van der Waals surface area contributed by atoms with Gasteiger partial charge in [-0.25, -0.2) is 4.79 Å². The number of amides is 1. The predicted octanol–water partition coefficient (Wildman–Crippen LogP) is 3.75. The first-order valence-electron chi connectivity index (χ1n) is 6.46. The molecule has 20 heavy (non-hydrogen) atoms. The number of alkyl carbamates (subject to hydrolysis) is 1. The van der Waals surface area contributed by atoms with Gasteiger partial charge in [0, 0.05) is 9.99 Å². The largest absolute Gasteiger partial charge is 0.493 e. The first kappa shape index (κ1) is 16.8. The molecule has 1 atom stereocenters. The highest BCUT2D eigenvalue weighted by Gasteiger charge is 2.23. The highest BCUT2D eigenvalue weighted by Crippen LogP contribution is 2.16. The van der Waals surface area contributed by atoms with E-state index in [9.17, 15) is 4.79 Å². The molecule has 0 spiro atoms. The molecule has 0 aliphatic carbocycles. The van der Waals surface area contributed by atoms with Crippen LogP contribution in [0.25, 0.3) is 0 Å². The van der Waals surface area contributed by atoms with Crippen LogP contribution >= 0.6 is 22.6 Å². The summed E-state index contributed by atoms with van der Waals surface area (Å²) in [6.45, 7) is 8.24. The van der Waals surface area contributed by atoms with Gasteiger partial charge in [0.2, 0.25) is 0 Å². The van der Waals surface area contributed by atoms with Crippen molar-refractivity contribution >= 4 is 28.7 Å². The summed E-state index contributed by atoms with van der Waals surface area (Å²) in [5, 5.41) is 2.78. The van der Waals surface area contributed by atoms with Gasteiger partial charge in [0.25, 0.3) is 0 Å². The van der Waals surface area contributed by atoms with Crippen molar-refractivity contribution in [3.63, 3.8) is 0 Å². The normalized spacial score (nSPS) is 13.2. The molecule has 110 valence electrons. The van der Waals surface area contributed by atoms with Crippen molar-refractivity contribution in [2.75, 3.05) is 13.2 Å². The lowest BCUT2D eigenvalue weighted by atomic mass is 9.99. The third-order valence-electron chi connectivity index (χ3n) is 2.82. The summed E-state index contributed by atoms with van der Waals surface area (Å²) in [6.07, 6.45) is 1.87. The Morgan fingerprint density at radius 2 is 2.10 bits per heavy atom. The van der Waals surface area contributed by atoms with Gasteiger partial charge in [-0.1, -0.05) is 6.08 Å². The van der Waals surface area contributed by atoms with E-state index in [4.69, 9.17) is 9.47 Å². The number of carbonyl (C=O) groups is 1. The zero-order chi connectivity index (χ0) is 15.0. The standard InChI is InChI=1S/C15H20INO3/c1-4-15(3,17-14(18)19-5-2)10-11-20-13-8-6-12(16)7-9-13/h4,6-9H,1,5,10-11H2,2-3H3,(H,17,18). The average Bonchev–Trinajstić information content (AvgIpc) is 2.41. The second kappa shape index (κ2) is 8.14. The molecule has 0 saturated carbocycles. The molecule has 0 saturated heterocycles. The summed E-state index contributed by atoms with van der Waals surface area (Å²) < 4.78 is 11.7. The van der Waals surface area contributed by atoms with Crippen LogP contribution in [-0.4, -0.2) is 24.8 Å². The molecule has 0 aliphatic rings. The van der Waals surface area contributed by atoms with Crippen molar-refractivity contribution < 1.29 is 14.3 Å². The molecule has 0 aromatic heterocycles. The molecule has 0 bridgehead atoms. The monoisotopic (exact) mass is 389 g/mol.